The maximum atomic E-state index is 6.04. The van der Waals surface area contributed by atoms with Crippen LogP contribution in [-0.4, -0.2) is 57.4 Å². The molecule has 0 aliphatic carbocycles. The standard InChI is InChI=1S/C20H28N4O2S.HI/c1-21-20(22-14-17-6-13-27-16-17)23-15-18-4-2-3-5-19(18)26-12-9-24-7-10-25-11-8-24;/h2-6,13,16H,7-12,14-15H2,1H3,(H2,21,22,23);1H. The van der Waals surface area contributed by atoms with Crippen molar-refractivity contribution in [3.8, 4) is 5.75 Å². The van der Waals surface area contributed by atoms with E-state index in [1.807, 2.05) is 18.2 Å². The van der Waals surface area contributed by atoms with Crippen molar-refractivity contribution >= 4 is 41.3 Å². The molecule has 0 bridgehead atoms. The molecule has 1 aromatic carbocycles. The quantitative estimate of drug-likeness (QED) is 0.321. The van der Waals surface area contributed by atoms with Crippen molar-refractivity contribution in [2.45, 2.75) is 13.1 Å². The molecule has 0 saturated carbocycles. The van der Waals surface area contributed by atoms with E-state index in [0.29, 0.717) is 13.2 Å². The van der Waals surface area contributed by atoms with Gasteiger partial charge in [0.05, 0.1) is 13.2 Å². The van der Waals surface area contributed by atoms with Crippen LogP contribution in [0.4, 0.5) is 0 Å². The molecule has 0 unspecified atom stereocenters. The van der Waals surface area contributed by atoms with Gasteiger partial charge in [-0.05, 0) is 28.5 Å². The summed E-state index contributed by atoms with van der Waals surface area (Å²) in [4.78, 5) is 6.67. The fourth-order valence-corrected chi connectivity index (χ4v) is 3.55. The second kappa shape index (κ2) is 13.0. The van der Waals surface area contributed by atoms with E-state index in [1.54, 1.807) is 18.4 Å². The van der Waals surface area contributed by atoms with Gasteiger partial charge in [0.15, 0.2) is 5.96 Å². The Morgan fingerprint density at radius 3 is 2.71 bits per heavy atom. The lowest BCUT2D eigenvalue weighted by molar-refractivity contribution is 0.0322. The minimum atomic E-state index is 0. The summed E-state index contributed by atoms with van der Waals surface area (Å²) in [6.45, 7) is 6.64. The summed E-state index contributed by atoms with van der Waals surface area (Å²) >= 11 is 1.70. The highest BCUT2D eigenvalue weighted by Gasteiger charge is 2.10. The number of benzene rings is 1. The van der Waals surface area contributed by atoms with E-state index < -0.39 is 0 Å². The lowest BCUT2D eigenvalue weighted by Gasteiger charge is -2.26. The average molecular weight is 516 g/mol. The SMILES string of the molecule is CN=C(NCc1ccsc1)NCc1ccccc1OCCN1CCOCC1.I. The van der Waals surface area contributed by atoms with E-state index >= 15 is 0 Å². The van der Waals surface area contributed by atoms with E-state index in [-0.39, 0.29) is 24.0 Å². The highest BCUT2D eigenvalue weighted by molar-refractivity contribution is 14.0. The average Bonchev–Trinajstić information content (AvgIpc) is 3.23. The first kappa shape index (κ1) is 22.9. The molecule has 6 nitrogen and oxygen atoms in total. The van der Waals surface area contributed by atoms with Crippen molar-refractivity contribution < 1.29 is 9.47 Å². The van der Waals surface area contributed by atoms with Gasteiger partial charge in [-0.1, -0.05) is 18.2 Å². The minimum absolute atomic E-state index is 0. The number of hydrogen-bond donors (Lipinski definition) is 2. The fourth-order valence-electron chi connectivity index (χ4n) is 2.88. The number of para-hydroxylation sites is 1. The zero-order valence-corrected chi connectivity index (χ0v) is 19.4. The van der Waals surface area contributed by atoms with Gasteiger partial charge in [0.1, 0.15) is 12.4 Å². The van der Waals surface area contributed by atoms with Gasteiger partial charge in [-0.15, -0.1) is 24.0 Å². The first-order chi connectivity index (χ1) is 13.3. The highest BCUT2D eigenvalue weighted by Crippen LogP contribution is 2.17. The summed E-state index contributed by atoms with van der Waals surface area (Å²) in [6, 6.07) is 10.3. The van der Waals surface area contributed by atoms with Gasteiger partial charge >= 0.3 is 0 Å². The largest absolute Gasteiger partial charge is 0.492 e. The zero-order valence-electron chi connectivity index (χ0n) is 16.2. The van der Waals surface area contributed by atoms with Crippen molar-refractivity contribution in [3.63, 3.8) is 0 Å². The number of ether oxygens (including phenoxy) is 2. The van der Waals surface area contributed by atoms with Crippen LogP contribution < -0.4 is 15.4 Å². The smallest absolute Gasteiger partial charge is 0.191 e. The van der Waals surface area contributed by atoms with Crippen LogP contribution in [0.2, 0.25) is 0 Å². The summed E-state index contributed by atoms with van der Waals surface area (Å²) in [6.07, 6.45) is 0. The lowest BCUT2D eigenvalue weighted by atomic mass is 10.2. The molecule has 2 N–H and O–H groups in total. The Bertz CT molecular complexity index is 706. The second-order valence-electron chi connectivity index (χ2n) is 6.32. The number of thiophene rings is 1. The molecular formula is C20H29IN4O2S. The van der Waals surface area contributed by atoms with Gasteiger partial charge in [0.25, 0.3) is 0 Å². The molecule has 8 heteroatoms. The fraction of sp³-hybridized carbons (Fsp3) is 0.450. The monoisotopic (exact) mass is 516 g/mol. The third-order valence-corrected chi connectivity index (χ3v) is 5.18. The van der Waals surface area contributed by atoms with Crippen LogP contribution in [0.15, 0.2) is 46.1 Å². The number of morpholine rings is 1. The molecule has 1 aromatic heterocycles. The van der Waals surface area contributed by atoms with Crippen molar-refractivity contribution in [2.75, 3.05) is 46.5 Å². The first-order valence-corrected chi connectivity index (χ1v) is 10.3. The van der Waals surface area contributed by atoms with Crippen LogP contribution in [0.5, 0.6) is 5.75 Å². The summed E-state index contributed by atoms with van der Waals surface area (Å²) in [7, 11) is 1.79. The van der Waals surface area contributed by atoms with E-state index in [1.165, 1.54) is 5.56 Å². The molecule has 0 amide bonds. The van der Waals surface area contributed by atoms with Crippen molar-refractivity contribution in [1.82, 2.24) is 15.5 Å². The maximum Gasteiger partial charge on any atom is 0.191 e. The number of aliphatic imine (C=N–C) groups is 1. The van der Waals surface area contributed by atoms with E-state index in [0.717, 1.165) is 56.7 Å². The van der Waals surface area contributed by atoms with Gasteiger partial charge in [0, 0.05) is 45.3 Å². The Labute approximate surface area is 188 Å². The van der Waals surface area contributed by atoms with Gasteiger partial charge in [-0.3, -0.25) is 9.89 Å². The third-order valence-electron chi connectivity index (χ3n) is 4.45. The molecule has 28 heavy (non-hydrogen) atoms. The molecule has 2 aromatic rings. The van der Waals surface area contributed by atoms with E-state index in [4.69, 9.17) is 9.47 Å². The molecule has 0 radical (unpaired) electrons. The Hall–Kier alpha value is -1.36. The van der Waals surface area contributed by atoms with Gasteiger partial charge < -0.3 is 20.1 Å². The molecule has 0 atom stereocenters. The van der Waals surface area contributed by atoms with Gasteiger partial charge in [-0.25, -0.2) is 0 Å². The molecule has 1 aliphatic heterocycles. The summed E-state index contributed by atoms with van der Waals surface area (Å²) in [5.74, 6) is 1.70. The molecule has 1 saturated heterocycles. The first-order valence-electron chi connectivity index (χ1n) is 9.31. The molecule has 1 fully saturated rings. The summed E-state index contributed by atoms with van der Waals surface area (Å²) < 4.78 is 11.4. The Kier molecular flexibility index (Phi) is 10.6. The maximum absolute atomic E-state index is 6.04. The topological polar surface area (TPSA) is 58.1 Å². The van der Waals surface area contributed by atoms with Gasteiger partial charge in [0.2, 0.25) is 0 Å². The molecule has 1 aliphatic rings. The van der Waals surface area contributed by atoms with E-state index in [2.05, 4.69) is 43.4 Å². The number of nitrogens with zero attached hydrogens (tertiary/aromatic N) is 2. The Morgan fingerprint density at radius 2 is 1.96 bits per heavy atom. The van der Waals surface area contributed by atoms with Crippen molar-refractivity contribution in [2.24, 2.45) is 4.99 Å². The number of nitrogens with one attached hydrogen (secondary N) is 2. The Balaban J connectivity index is 0.00000280. The number of hydrogen-bond acceptors (Lipinski definition) is 5. The minimum Gasteiger partial charge on any atom is -0.492 e. The molecule has 2 heterocycles. The van der Waals surface area contributed by atoms with Crippen LogP contribution in [0, 0.1) is 0 Å². The number of halogens is 1. The lowest BCUT2D eigenvalue weighted by Crippen LogP contribution is -2.38. The van der Waals surface area contributed by atoms with Crippen molar-refractivity contribution in [3.05, 3.63) is 52.2 Å². The molecule has 0 spiro atoms. The van der Waals surface area contributed by atoms with Crippen LogP contribution in [-0.2, 0) is 17.8 Å². The summed E-state index contributed by atoms with van der Waals surface area (Å²) in [5.41, 5.74) is 2.38. The van der Waals surface area contributed by atoms with Crippen molar-refractivity contribution in [1.29, 1.82) is 0 Å². The van der Waals surface area contributed by atoms with Gasteiger partial charge in [-0.2, -0.15) is 11.3 Å². The van der Waals surface area contributed by atoms with Crippen LogP contribution in [0.25, 0.3) is 0 Å². The van der Waals surface area contributed by atoms with Crippen LogP contribution in [0.1, 0.15) is 11.1 Å². The second-order valence-corrected chi connectivity index (χ2v) is 7.10. The highest BCUT2D eigenvalue weighted by atomic mass is 127. The van der Waals surface area contributed by atoms with Crippen LogP contribution in [0.3, 0.4) is 0 Å². The number of guanidine groups is 1. The predicted molar refractivity (Wildman–Crippen MR) is 126 cm³/mol. The predicted octanol–water partition coefficient (Wildman–Crippen LogP) is 2.94. The Morgan fingerprint density at radius 1 is 1.18 bits per heavy atom. The zero-order chi connectivity index (χ0) is 18.7. The molecule has 154 valence electrons. The van der Waals surface area contributed by atoms with E-state index in [9.17, 15) is 0 Å². The summed E-state index contributed by atoms with van der Waals surface area (Å²) in [5, 5.41) is 10.9. The third kappa shape index (κ3) is 7.57. The number of rotatable bonds is 8. The molecular weight excluding hydrogens is 487 g/mol. The molecule has 3 rings (SSSR count). The normalized spacial score (nSPS) is 15.0. The van der Waals surface area contributed by atoms with Crippen LogP contribution >= 0.6 is 35.3 Å².